The molecule has 1 unspecified atom stereocenters. The van der Waals surface area contributed by atoms with Gasteiger partial charge in [-0.1, -0.05) is 6.07 Å². The highest BCUT2D eigenvalue weighted by atomic mass is 32.2. The highest BCUT2D eigenvalue weighted by Crippen LogP contribution is 2.20. The second-order valence-electron chi connectivity index (χ2n) is 4.11. The molecule has 20 heavy (non-hydrogen) atoms. The third-order valence-corrected chi connectivity index (χ3v) is 4.18. The number of nitrogens with one attached hydrogen (secondary N) is 1. The largest absolute Gasteiger partial charge is 0.468 e. The third-order valence-electron chi connectivity index (χ3n) is 2.64. The molecule has 0 saturated heterocycles. The van der Waals surface area contributed by atoms with Crippen molar-refractivity contribution in [1.29, 1.82) is 0 Å². The van der Waals surface area contributed by atoms with E-state index in [-0.39, 0.29) is 10.6 Å². The molecule has 0 fully saturated rings. The van der Waals surface area contributed by atoms with Gasteiger partial charge in [0.2, 0.25) is 10.0 Å². The molecule has 1 aromatic carbocycles. The number of rotatable bonds is 5. The molecule has 0 saturated carbocycles. The lowest BCUT2D eigenvalue weighted by atomic mass is 10.3. The van der Waals surface area contributed by atoms with Crippen molar-refractivity contribution in [2.75, 3.05) is 0 Å². The summed E-state index contributed by atoms with van der Waals surface area (Å²) < 4.78 is 31.8. The van der Waals surface area contributed by atoms with Crippen LogP contribution in [0.3, 0.4) is 0 Å². The number of nitro benzene ring substituents is 1. The summed E-state index contributed by atoms with van der Waals surface area (Å²) in [6, 6.07) is 7.57. The lowest BCUT2D eigenvalue weighted by molar-refractivity contribution is -0.385. The van der Waals surface area contributed by atoms with Gasteiger partial charge in [0.15, 0.2) is 0 Å². The van der Waals surface area contributed by atoms with Gasteiger partial charge >= 0.3 is 0 Å². The molecule has 0 amide bonds. The van der Waals surface area contributed by atoms with Gasteiger partial charge in [-0.3, -0.25) is 10.1 Å². The Balaban J connectivity index is 2.26. The first-order valence-electron chi connectivity index (χ1n) is 5.70. The van der Waals surface area contributed by atoms with E-state index in [9.17, 15) is 18.5 Å². The molecule has 2 rings (SSSR count). The summed E-state index contributed by atoms with van der Waals surface area (Å²) >= 11 is 0. The van der Waals surface area contributed by atoms with Crippen molar-refractivity contribution in [2.24, 2.45) is 0 Å². The Morgan fingerprint density at radius 3 is 2.65 bits per heavy atom. The number of nitro groups is 1. The quantitative estimate of drug-likeness (QED) is 0.673. The Kier molecular flexibility index (Phi) is 3.86. The first-order valence-corrected chi connectivity index (χ1v) is 7.18. The number of furan rings is 1. The fraction of sp³-hybridized carbons (Fsp3) is 0.167. The minimum atomic E-state index is -3.86. The van der Waals surface area contributed by atoms with Crippen LogP contribution >= 0.6 is 0 Å². The summed E-state index contributed by atoms with van der Waals surface area (Å²) in [5.74, 6) is 0.457. The monoisotopic (exact) mass is 296 g/mol. The molecule has 0 aliphatic carbocycles. The van der Waals surface area contributed by atoms with Gasteiger partial charge in [0.1, 0.15) is 5.76 Å². The molecule has 0 aliphatic heterocycles. The lowest BCUT2D eigenvalue weighted by Gasteiger charge is -2.11. The molecule has 1 N–H and O–H groups in total. The van der Waals surface area contributed by atoms with E-state index in [0.717, 1.165) is 6.07 Å². The van der Waals surface area contributed by atoms with Gasteiger partial charge in [-0.15, -0.1) is 0 Å². The molecule has 1 heterocycles. The van der Waals surface area contributed by atoms with Crippen LogP contribution in [0.15, 0.2) is 52.0 Å². The van der Waals surface area contributed by atoms with E-state index in [1.54, 1.807) is 19.1 Å². The summed E-state index contributed by atoms with van der Waals surface area (Å²) in [6.45, 7) is 1.62. The van der Waals surface area contributed by atoms with E-state index in [1.165, 1.54) is 24.5 Å². The van der Waals surface area contributed by atoms with Crippen LogP contribution < -0.4 is 4.72 Å². The predicted octanol–water partition coefficient (Wildman–Crippen LogP) is 2.23. The Bertz CT molecular complexity index is 709. The van der Waals surface area contributed by atoms with Gasteiger partial charge in [-0.25, -0.2) is 13.1 Å². The molecule has 2 aromatic rings. The normalized spacial score (nSPS) is 13.1. The highest BCUT2D eigenvalue weighted by molar-refractivity contribution is 7.89. The summed E-state index contributed by atoms with van der Waals surface area (Å²) in [6.07, 6.45) is 1.44. The SMILES string of the molecule is CC(NS(=O)(=O)c1cccc([N+](=O)[O-])c1)c1ccco1. The van der Waals surface area contributed by atoms with Crippen LogP contribution in [0.25, 0.3) is 0 Å². The molecule has 8 heteroatoms. The maximum Gasteiger partial charge on any atom is 0.270 e. The van der Waals surface area contributed by atoms with Gasteiger partial charge in [-0.2, -0.15) is 0 Å². The Hall–Kier alpha value is -2.19. The van der Waals surface area contributed by atoms with Gasteiger partial charge in [0.25, 0.3) is 5.69 Å². The van der Waals surface area contributed by atoms with E-state index in [2.05, 4.69) is 4.72 Å². The predicted molar refractivity (Wildman–Crippen MR) is 70.5 cm³/mol. The molecule has 0 aliphatic rings. The average Bonchev–Trinajstić information content (AvgIpc) is 2.92. The van der Waals surface area contributed by atoms with E-state index in [0.29, 0.717) is 5.76 Å². The van der Waals surface area contributed by atoms with Gasteiger partial charge in [0.05, 0.1) is 22.1 Å². The third kappa shape index (κ3) is 3.03. The molecule has 1 atom stereocenters. The first kappa shape index (κ1) is 14.2. The smallest absolute Gasteiger partial charge is 0.270 e. The zero-order valence-electron chi connectivity index (χ0n) is 10.5. The zero-order chi connectivity index (χ0) is 14.8. The van der Waals surface area contributed by atoms with Crippen LogP contribution in [0.1, 0.15) is 18.7 Å². The molecular formula is C12H12N2O5S. The Labute approximate surface area is 115 Å². The van der Waals surface area contributed by atoms with E-state index in [4.69, 9.17) is 4.42 Å². The van der Waals surface area contributed by atoms with Crippen molar-refractivity contribution in [3.05, 3.63) is 58.5 Å². The number of sulfonamides is 1. The number of non-ortho nitro benzene ring substituents is 1. The first-order chi connectivity index (χ1) is 9.40. The van der Waals surface area contributed by atoms with Gasteiger partial charge in [0, 0.05) is 12.1 Å². The highest BCUT2D eigenvalue weighted by Gasteiger charge is 2.21. The second kappa shape index (κ2) is 5.43. The molecule has 7 nitrogen and oxygen atoms in total. The number of nitrogens with zero attached hydrogens (tertiary/aromatic N) is 1. The van der Waals surface area contributed by atoms with E-state index < -0.39 is 21.0 Å². The maximum atomic E-state index is 12.1. The van der Waals surface area contributed by atoms with E-state index >= 15 is 0 Å². The summed E-state index contributed by atoms with van der Waals surface area (Å²) in [5.41, 5.74) is -0.279. The summed E-state index contributed by atoms with van der Waals surface area (Å²) in [4.78, 5) is 9.86. The summed E-state index contributed by atoms with van der Waals surface area (Å²) in [5, 5.41) is 10.7. The summed E-state index contributed by atoms with van der Waals surface area (Å²) in [7, 11) is -3.86. The van der Waals surface area contributed by atoms with Crippen molar-refractivity contribution in [3.8, 4) is 0 Å². The average molecular weight is 296 g/mol. The van der Waals surface area contributed by atoms with Crippen molar-refractivity contribution in [2.45, 2.75) is 17.9 Å². The molecule has 0 spiro atoms. The fourth-order valence-corrected chi connectivity index (χ4v) is 2.91. The molecule has 1 aromatic heterocycles. The minimum absolute atomic E-state index is 0.162. The molecule has 106 valence electrons. The van der Waals surface area contributed by atoms with Crippen LogP contribution in [0.4, 0.5) is 5.69 Å². The Morgan fingerprint density at radius 1 is 1.30 bits per heavy atom. The Morgan fingerprint density at radius 2 is 2.05 bits per heavy atom. The standard InChI is InChI=1S/C12H12N2O5S/c1-9(12-6-3-7-19-12)13-20(17,18)11-5-2-4-10(8-11)14(15)16/h2-9,13H,1H3. The van der Waals surface area contributed by atoms with Gasteiger partial charge < -0.3 is 4.42 Å². The fourth-order valence-electron chi connectivity index (χ4n) is 1.66. The van der Waals surface area contributed by atoms with Crippen LogP contribution in [0.5, 0.6) is 0 Å². The van der Waals surface area contributed by atoms with Gasteiger partial charge in [-0.05, 0) is 25.1 Å². The second-order valence-corrected chi connectivity index (χ2v) is 5.83. The molecule has 0 bridgehead atoms. The van der Waals surface area contributed by atoms with E-state index in [1.807, 2.05) is 0 Å². The van der Waals surface area contributed by atoms with Crippen LogP contribution in [0.2, 0.25) is 0 Å². The molecular weight excluding hydrogens is 284 g/mol. The molecule has 0 radical (unpaired) electrons. The zero-order valence-corrected chi connectivity index (χ0v) is 11.3. The maximum absolute atomic E-state index is 12.1. The number of hydrogen-bond donors (Lipinski definition) is 1. The minimum Gasteiger partial charge on any atom is -0.468 e. The van der Waals surface area contributed by atoms with Crippen LogP contribution in [-0.4, -0.2) is 13.3 Å². The van der Waals surface area contributed by atoms with Crippen molar-refractivity contribution in [3.63, 3.8) is 0 Å². The van der Waals surface area contributed by atoms with Crippen LogP contribution in [-0.2, 0) is 10.0 Å². The topological polar surface area (TPSA) is 102 Å². The number of hydrogen-bond acceptors (Lipinski definition) is 5. The van der Waals surface area contributed by atoms with Crippen LogP contribution in [0, 0.1) is 10.1 Å². The number of benzene rings is 1. The van der Waals surface area contributed by atoms with Crippen molar-refractivity contribution >= 4 is 15.7 Å². The van der Waals surface area contributed by atoms with Crippen molar-refractivity contribution < 1.29 is 17.8 Å². The van der Waals surface area contributed by atoms with Crippen molar-refractivity contribution in [1.82, 2.24) is 4.72 Å². The lowest BCUT2D eigenvalue weighted by Crippen LogP contribution is -2.26.